The lowest BCUT2D eigenvalue weighted by atomic mass is 10.1. The Labute approximate surface area is 116 Å². The van der Waals surface area contributed by atoms with Gasteiger partial charge in [-0.1, -0.05) is 17.7 Å². The van der Waals surface area contributed by atoms with E-state index < -0.39 is 0 Å². The van der Waals surface area contributed by atoms with E-state index in [0.29, 0.717) is 5.15 Å². The van der Waals surface area contributed by atoms with Crippen LogP contribution in [-0.2, 0) is 0 Å². The minimum absolute atomic E-state index is 0.0524. The summed E-state index contributed by atoms with van der Waals surface area (Å²) in [5.41, 5.74) is 1.65. The molecule has 0 radical (unpaired) electrons. The van der Waals surface area contributed by atoms with Gasteiger partial charge in [-0.25, -0.2) is 9.37 Å². The van der Waals surface area contributed by atoms with E-state index in [0.717, 1.165) is 11.3 Å². The van der Waals surface area contributed by atoms with E-state index in [9.17, 15) is 4.39 Å². The van der Waals surface area contributed by atoms with Gasteiger partial charge in [0.15, 0.2) is 11.6 Å². The van der Waals surface area contributed by atoms with Crippen LogP contribution >= 0.6 is 11.6 Å². The van der Waals surface area contributed by atoms with Crippen LogP contribution < -0.4 is 10.1 Å². The van der Waals surface area contributed by atoms with Crippen LogP contribution in [0, 0.1) is 5.82 Å². The van der Waals surface area contributed by atoms with Gasteiger partial charge in [0.05, 0.1) is 19.0 Å². The maximum atomic E-state index is 13.6. The summed E-state index contributed by atoms with van der Waals surface area (Å²) in [6.07, 6.45) is 1.64. The molecule has 5 heteroatoms. The van der Waals surface area contributed by atoms with Crippen molar-refractivity contribution in [3.63, 3.8) is 0 Å². The molecule has 1 N–H and O–H groups in total. The van der Waals surface area contributed by atoms with Crippen molar-refractivity contribution >= 4 is 17.3 Å². The van der Waals surface area contributed by atoms with Crippen molar-refractivity contribution < 1.29 is 9.13 Å². The highest BCUT2D eigenvalue weighted by molar-refractivity contribution is 6.29. The zero-order chi connectivity index (χ0) is 13.8. The van der Waals surface area contributed by atoms with Crippen molar-refractivity contribution in [2.45, 2.75) is 13.0 Å². The van der Waals surface area contributed by atoms with Gasteiger partial charge in [-0.2, -0.15) is 0 Å². The highest BCUT2D eigenvalue weighted by atomic mass is 35.5. The summed E-state index contributed by atoms with van der Waals surface area (Å²) < 4.78 is 18.5. The lowest BCUT2D eigenvalue weighted by molar-refractivity contribution is 0.386. The number of halogens is 2. The molecule has 1 unspecified atom stereocenters. The average molecular weight is 281 g/mol. The molecule has 0 bridgehead atoms. The van der Waals surface area contributed by atoms with Crippen LogP contribution in [0.25, 0.3) is 0 Å². The zero-order valence-electron chi connectivity index (χ0n) is 10.7. The van der Waals surface area contributed by atoms with Crippen molar-refractivity contribution in [1.29, 1.82) is 0 Å². The maximum absolute atomic E-state index is 13.6. The van der Waals surface area contributed by atoms with E-state index in [1.807, 2.05) is 19.1 Å². The molecule has 2 rings (SSSR count). The van der Waals surface area contributed by atoms with Crippen LogP contribution in [0.3, 0.4) is 0 Å². The van der Waals surface area contributed by atoms with Crippen molar-refractivity contribution in [3.8, 4) is 5.75 Å². The molecule has 0 amide bonds. The number of benzene rings is 1. The predicted molar refractivity (Wildman–Crippen MR) is 74.2 cm³/mol. The number of pyridine rings is 1. The van der Waals surface area contributed by atoms with Crippen LogP contribution in [-0.4, -0.2) is 12.1 Å². The molecule has 0 saturated heterocycles. The molecule has 19 heavy (non-hydrogen) atoms. The first-order valence-corrected chi connectivity index (χ1v) is 6.19. The second-order valence-electron chi connectivity index (χ2n) is 4.13. The molecule has 1 aromatic heterocycles. The third-order valence-corrected chi connectivity index (χ3v) is 3.01. The van der Waals surface area contributed by atoms with Gasteiger partial charge in [0.1, 0.15) is 5.15 Å². The van der Waals surface area contributed by atoms with E-state index in [1.54, 1.807) is 18.3 Å². The number of aromatic nitrogens is 1. The quantitative estimate of drug-likeness (QED) is 0.858. The number of nitrogens with one attached hydrogen (secondary N) is 1. The van der Waals surface area contributed by atoms with Crippen LogP contribution in [0.1, 0.15) is 18.5 Å². The minimum atomic E-state index is -0.372. The second-order valence-corrected chi connectivity index (χ2v) is 4.52. The SMILES string of the molecule is COc1ccc(C(C)Nc2ccc(Cl)nc2)cc1F. The number of ether oxygens (including phenoxy) is 1. The van der Waals surface area contributed by atoms with Crippen molar-refractivity contribution in [2.24, 2.45) is 0 Å². The summed E-state index contributed by atoms with van der Waals surface area (Å²) >= 11 is 5.72. The molecule has 0 aliphatic heterocycles. The van der Waals surface area contributed by atoms with E-state index in [4.69, 9.17) is 16.3 Å². The first kappa shape index (κ1) is 13.6. The minimum Gasteiger partial charge on any atom is -0.494 e. The second kappa shape index (κ2) is 5.89. The zero-order valence-corrected chi connectivity index (χ0v) is 11.4. The molecule has 1 aromatic carbocycles. The van der Waals surface area contributed by atoms with E-state index in [-0.39, 0.29) is 17.6 Å². The standard InChI is InChI=1S/C14H14ClFN2O/c1-9(18-11-4-6-14(15)17-8-11)10-3-5-13(19-2)12(16)7-10/h3-9,18H,1-2H3. The lowest BCUT2D eigenvalue weighted by Crippen LogP contribution is -2.07. The average Bonchev–Trinajstić information content (AvgIpc) is 2.41. The van der Waals surface area contributed by atoms with Crippen molar-refractivity contribution in [1.82, 2.24) is 4.98 Å². The largest absolute Gasteiger partial charge is 0.494 e. The number of hydrogen-bond donors (Lipinski definition) is 1. The monoisotopic (exact) mass is 280 g/mol. The number of hydrogen-bond acceptors (Lipinski definition) is 3. The number of rotatable bonds is 4. The van der Waals surface area contributed by atoms with Gasteiger partial charge >= 0.3 is 0 Å². The van der Waals surface area contributed by atoms with Gasteiger partial charge in [0.2, 0.25) is 0 Å². The summed E-state index contributed by atoms with van der Waals surface area (Å²) in [7, 11) is 1.44. The third kappa shape index (κ3) is 3.35. The fourth-order valence-electron chi connectivity index (χ4n) is 1.75. The molecule has 1 heterocycles. The molecule has 0 fully saturated rings. The maximum Gasteiger partial charge on any atom is 0.165 e. The molecular formula is C14H14ClFN2O. The summed E-state index contributed by atoms with van der Waals surface area (Å²) in [5.74, 6) is -0.132. The van der Waals surface area contributed by atoms with Gasteiger partial charge in [-0.05, 0) is 36.8 Å². The van der Waals surface area contributed by atoms with Gasteiger partial charge in [-0.15, -0.1) is 0 Å². The Morgan fingerprint density at radius 2 is 2.11 bits per heavy atom. The van der Waals surface area contributed by atoms with Gasteiger partial charge < -0.3 is 10.1 Å². The Kier molecular flexibility index (Phi) is 4.22. The topological polar surface area (TPSA) is 34.1 Å². The highest BCUT2D eigenvalue weighted by Gasteiger charge is 2.09. The van der Waals surface area contributed by atoms with E-state index in [1.165, 1.54) is 13.2 Å². The Bertz CT molecular complexity index is 560. The van der Waals surface area contributed by atoms with Crippen LogP contribution in [0.4, 0.5) is 10.1 Å². The van der Waals surface area contributed by atoms with Crippen LogP contribution in [0.15, 0.2) is 36.5 Å². The van der Waals surface area contributed by atoms with Crippen molar-refractivity contribution in [3.05, 3.63) is 53.1 Å². The Morgan fingerprint density at radius 1 is 1.32 bits per heavy atom. The number of nitrogens with zero attached hydrogens (tertiary/aromatic N) is 1. The molecule has 0 aliphatic rings. The fraction of sp³-hybridized carbons (Fsp3) is 0.214. The fourth-order valence-corrected chi connectivity index (χ4v) is 1.86. The summed E-state index contributed by atoms with van der Waals surface area (Å²) in [4.78, 5) is 3.98. The van der Waals surface area contributed by atoms with Gasteiger partial charge in [0, 0.05) is 6.04 Å². The predicted octanol–water partition coefficient (Wildman–Crippen LogP) is 4.06. The first-order chi connectivity index (χ1) is 9.10. The molecule has 2 aromatic rings. The Balaban J connectivity index is 2.13. The molecule has 1 atom stereocenters. The van der Waals surface area contributed by atoms with Crippen LogP contribution in [0.5, 0.6) is 5.75 Å². The summed E-state index contributed by atoms with van der Waals surface area (Å²) in [6.45, 7) is 1.94. The molecule has 0 aliphatic carbocycles. The molecule has 3 nitrogen and oxygen atoms in total. The molecule has 0 saturated carbocycles. The van der Waals surface area contributed by atoms with Crippen LogP contribution in [0.2, 0.25) is 5.15 Å². The first-order valence-electron chi connectivity index (χ1n) is 5.81. The van der Waals surface area contributed by atoms with E-state index >= 15 is 0 Å². The number of anilines is 1. The Morgan fingerprint density at radius 3 is 2.68 bits per heavy atom. The van der Waals surface area contributed by atoms with Gasteiger partial charge in [-0.3, -0.25) is 0 Å². The molecule has 100 valence electrons. The normalized spacial score (nSPS) is 12.0. The number of methoxy groups -OCH3 is 1. The van der Waals surface area contributed by atoms with Crippen molar-refractivity contribution in [2.75, 3.05) is 12.4 Å². The Hall–Kier alpha value is -1.81. The smallest absolute Gasteiger partial charge is 0.165 e. The third-order valence-electron chi connectivity index (χ3n) is 2.79. The van der Waals surface area contributed by atoms with E-state index in [2.05, 4.69) is 10.3 Å². The van der Waals surface area contributed by atoms with Gasteiger partial charge in [0.25, 0.3) is 0 Å². The summed E-state index contributed by atoms with van der Waals surface area (Å²) in [6, 6.07) is 8.37. The highest BCUT2D eigenvalue weighted by Crippen LogP contribution is 2.24. The molecule has 0 spiro atoms. The molecular weight excluding hydrogens is 267 g/mol. The summed E-state index contributed by atoms with van der Waals surface area (Å²) in [5, 5.41) is 3.66. The lowest BCUT2D eigenvalue weighted by Gasteiger charge is -2.16.